The lowest BCUT2D eigenvalue weighted by Crippen LogP contribution is -2.51. The van der Waals surface area contributed by atoms with Gasteiger partial charge in [-0.15, -0.1) is 0 Å². The molecule has 0 aromatic carbocycles. The van der Waals surface area contributed by atoms with E-state index >= 15 is 0 Å². The molecule has 0 spiro atoms. The van der Waals surface area contributed by atoms with Gasteiger partial charge in [-0.25, -0.2) is 0 Å². The Labute approximate surface area is 77.3 Å². The molecule has 1 fully saturated rings. The summed E-state index contributed by atoms with van der Waals surface area (Å²) in [5, 5.41) is 0. The quantitative estimate of drug-likeness (QED) is 0.718. The normalized spacial score (nSPS) is 17.2. The van der Waals surface area contributed by atoms with Gasteiger partial charge in [-0.1, -0.05) is 0 Å². The molecule has 0 atom stereocenters. The fourth-order valence-electron chi connectivity index (χ4n) is 1.42. The lowest BCUT2D eigenvalue weighted by atomic mass is 10.1. The van der Waals surface area contributed by atoms with Crippen LogP contribution in [0.15, 0.2) is 18.5 Å². The first-order chi connectivity index (χ1) is 6.29. The summed E-state index contributed by atoms with van der Waals surface area (Å²) in [6.07, 6.45) is 3.83. The van der Waals surface area contributed by atoms with Crippen molar-refractivity contribution in [2.75, 3.05) is 30.8 Å². The molecule has 0 bridgehead atoms. The summed E-state index contributed by atoms with van der Waals surface area (Å²) >= 11 is 0. The largest absolute Gasteiger partial charge is 0.397 e. The van der Waals surface area contributed by atoms with E-state index in [4.69, 9.17) is 10.5 Å². The number of nitrogens with zero attached hydrogens (tertiary/aromatic N) is 2. The van der Waals surface area contributed by atoms with Gasteiger partial charge in [0, 0.05) is 26.4 Å². The molecule has 13 heavy (non-hydrogen) atoms. The number of anilines is 2. The number of nitrogens with two attached hydrogens (primary N) is 1. The van der Waals surface area contributed by atoms with E-state index in [0.29, 0.717) is 11.8 Å². The van der Waals surface area contributed by atoms with Crippen LogP contribution in [-0.2, 0) is 4.74 Å². The number of methoxy groups -OCH3 is 1. The van der Waals surface area contributed by atoms with Crippen LogP contribution in [0, 0.1) is 0 Å². The topological polar surface area (TPSA) is 51.4 Å². The minimum Gasteiger partial charge on any atom is -0.397 e. The van der Waals surface area contributed by atoms with Gasteiger partial charge in [0.1, 0.15) is 0 Å². The highest BCUT2D eigenvalue weighted by Gasteiger charge is 2.26. The molecule has 1 aromatic heterocycles. The molecule has 1 aromatic rings. The van der Waals surface area contributed by atoms with Gasteiger partial charge in [0.05, 0.1) is 23.7 Å². The molecule has 1 saturated heterocycles. The lowest BCUT2D eigenvalue weighted by molar-refractivity contribution is 0.0787. The predicted molar refractivity (Wildman–Crippen MR) is 51.7 cm³/mol. The van der Waals surface area contributed by atoms with E-state index in [9.17, 15) is 0 Å². The van der Waals surface area contributed by atoms with Gasteiger partial charge in [0.25, 0.3) is 0 Å². The number of aromatic nitrogens is 1. The number of nitrogen functional groups attached to an aromatic ring is 1. The summed E-state index contributed by atoms with van der Waals surface area (Å²) in [5.41, 5.74) is 7.41. The standard InChI is InChI=1S/C9H13N3O/c1-13-9-5-12(6-9)8-2-7(10)3-11-4-8/h2-4,9H,5-6,10H2,1H3. The van der Waals surface area contributed by atoms with Crippen LogP contribution in [0.1, 0.15) is 0 Å². The second-order valence-electron chi connectivity index (χ2n) is 3.24. The first kappa shape index (κ1) is 8.31. The Bertz CT molecular complexity index is 297. The van der Waals surface area contributed by atoms with Crippen LogP contribution in [0.4, 0.5) is 11.4 Å². The maximum atomic E-state index is 5.62. The summed E-state index contributed by atoms with van der Waals surface area (Å²) in [4.78, 5) is 6.22. The van der Waals surface area contributed by atoms with Crippen molar-refractivity contribution in [2.24, 2.45) is 0 Å². The fraction of sp³-hybridized carbons (Fsp3) is 0.444. The molecule has 0 radical (unpaired) electrons. The average molecular weight is 179 g/mol. The van der Waals surface area contributed by atoms with Gasteiger partial charge < -0.3 is 15.4 Å². The molecule has 1 aliphatic rings. The highest BCUT2D eigenvalue weighted by atomic mass is 16.5. The SMILES string of the molecule is COC1CN(c2cncc(N)c2)C1. The van der Waals surface area contributed by atoms with Gasteiger partial charge in [-0.05, 0) is 6.07 Å². The van der Waals surface area contributed by atoms with Crippen LogP contribution in [0.25, 0.3) is 0 Å². The summed E-state index contributed by atoms with van der Waals surface area (Å²) < 4.78 is 5.17. The highest BCUT2D eigenvalue weighted by Crippen LogP contribution is 2.22. The van der Waals surface area contributed by atoms with Gasteiger partial charge >= 0.3 is 0 Å². The van der Waals surface area contributed by atoms with Gasteiger partial charge in [-0.3, -0.25) is 4.98 Å². The Balaban J connectivity index is 2.03. The van der Waals surface area contributed by atoms with Crippen molar-refractivity contribution in [3.63, 3.8) is 0 Å². The molecule has 0 amide bonds. The molecular weight excluding hydrogens is 166 g/mol. The van der Waals surface area contributed by atoms with Crippen LogP contribution in [-0.4, -0.2) is 31.3 Å². The van der Waals surface area contributed by atoms with E-state index in [1.165, 1.54) is 0 Å². The monoisotopic (exact) mass is 179 g/mol. The fourth-order valence-corrected chi connectivity index (χ4v) is 1.42. The van der Waals surface area contributed by atoms with Crippen LogP contribution in [0.2, 0.25) is 0 Å². The minimum atomic E-state index is 0.362. The lowest BCUT2D eigenvalue weighted by Gasteiger charge is -2.39. The van der Waals surface area contributed by atoms with E-state index in [2.05, 4.69) is 9.88 Å². The molecule has 2 N–H and O–H groups in total. The van der Waals surface area contributed by atoms with E-state index < -0.39 is 0 Å². The highest BCUT2D eigenvalue weighted by molar-refractivity contribution is 5.54. The summed E-state index contributed by atoms with van der Waals surface area (Å²) in [7, 11) is 1.74. The minimum absolute atomic E-state index is 0.362. The van der Waals surface area contributed by atoms with Gasteiger partial charge in [0.2, 0.25) is 0 Å². The number of rotatable bonds is 2. The number of pyridine rings is 1. The summed E-state index contributed by atoms with van der Waals surface area (Å²) in [6.45, 7) is 1.86. The number of hydrogen-bond donors (Lipinski definition) is 1. The zero-order chi connectivity index (χ0) is 9.26. The summed E-state index contributed by atoms with van der Waals surface area (Å²) in [6, 6.07) is 1.93. The molecule has 2 heterocycles. The van der Waals surface area contributed by atoms with Crippen molar-refractivity contribution in [3.05, 3.63) is 18.5 Å². The van der Waals surface area contributed by atoms with Crippen LogP contribution in [0.5, 0.6) is 0 Å². The first-order valence-corrected chi connectivity index (χ1v) is 4.28. The average Bonchev–Trinajstić information content (AvgIpc) is 2.02. The Morgan fingerprint density at radius 3 is 2.92 bits per heavy atom. The molecular formula is C9H13N3O. The molecule has 4 nitrogen and oxygen atoms in total. The molecule has 2 rings (SSSR count). The van der Waals surface area contributed by atoms with E-state index in [0.717, 1.165) is 18.8 Å². The third-order valence-corrected chi connectivity index (χ3v) is 2.29. The van der Waals surface area contributed by atoms with Crippen molar-refractivity contribution >= 4 is 11.4 Å². The van der Waals surface area contributed by atoms with Crippen molar-refractivity contribution in [1.29, 1.82) is 0 Å². The smallest absolute Gasteiger partial charge is 0.0920 e. The number of hydrogen-bond acceptors (Lipinski definition) is 4. The maximum absolute atomic E-state index is 5.62. The Hall–Kier alpha value is -1.29. The van der Waals surface area contributed by atoms with Crippen molar-refractivity contribution in [3.8, 4) is 0 Å². The van der Waals surface area contributed by atoms with E-state index in [1.54, 1.807) is 13.3 Å². The summed E-state index contributed by atoms with van der Waals surface area (Å²) in [5.74, 6) is 0. The molecule has 0 saturated carbocycles. The molecule has 70 valence electrons. The van der Waals surface area contributed by atoms with E-state index in [1.807, 2.05) is 12.3 Å². The second-order valence-corrected chi connectivity index (χ2v) is 3.24. The van der Waals surface area contributed by atoms with Crippen molar-refractivity contribution < 1.29 is 4.74 Å². The first-order valence-electron chi connectivity index (χ1n) is 4.28. The van der Waals surface area contributed by atoms with Crippen molar-refractivity contribution in [2.45, 2.75) is 6.10 Å². The van der Waals surface area contributed by atoms with Gasteiger partial charge in [-0.2, -0.15) is 0 Å². The van der Waals surface area contributed by atoms with E-state index in [-0.39, 0.29) is 0 Å². The molecule has 0 aliphatic carbocycles. The predicted octanol–water partition coefficient (Wildman–Crippen LogP) is 0.499. The third kappa shape index (κ3) is 1.58. The van der Waals surface area contributed by atoms with Gasteiger partial charge in [0.15, 0.2) is 0 Å². The molecule has 1 aliphatic heterocycles. The Morgan fingerprint density at radius 2 is 2.31 bits per heavy atom. The molecule has 0 unspecified atom stereocenters. The molecule has 4 heteroatoms. The Kier molecular flexibility index (Phi) is 2.06. The maximum Gasteiger partial charge on any atom is 0.0920 e. The van der Waals surface area contributed by atoms with Crippen LogP contribution >= 0.6 is 0 Å². The zero-order valence-electron chi connectivity index (χ0n) is 7.60. The van der Waals surface area contributed by atoms with Crippen molar-refractivity contribution in [1.82, 2.24) is 4.98 Å². The second kappa shape index (κ2) is 3.22. The number of ether oxygens (including phenoxy) is 1. The van der Waals surface area contributed by atoms with Crippen LogP contribution in [0.3, 0.4) is 0 Å². The van der Waals surface area contributed by atoms with Crippen LogP contribution < -0.4 is 10.6 Å². The Morgan fingerprint density at radius 1 is 1.54 bits per heavy atom. The zero-order valence-corrected chi connectivity index (χ0v) is 7.60. The third-order valence-electron chi connectivity index (χ3n) is 2.29.